The first kappa shape index (κ1) is 73.6. The van der Waals surface area contributed by atoms with Gasteiger partial charge in [0.05, 0.1) is 32.0 Å². The predicted octanol–water partition coefficient (Wildman–Crippen LogP) is 16.0. The number of nitrogens with one attached hydrogen (secondary N) is 1. The van der Waals surface area contributed by atoms with Crippen LogP contribution in [0.25, 0.3) is 0 Å². The maximum atomic E-state index is 13.0. The lowest BCUT2D eigenvalue weighted by atomic mass is 9.99. The van der Waals surface area contributed by atoms with E-state index in [0.29, 0.717) is 19.4 Å². The molecule has 1 aliphatic heterocycles. The van der Waals surface area contributed by atoms with Gasteiger partial charge in [-0.3, -0.25) is 9.59 Å². The molecule has 0 radical (unpaired) electrons. The number of unbranched alkanes of at least 4 members (excludes halogenated alkanes) is 37. The first-order valence-corrected chi connectivity index (χ1v) is 32.9. The number of amides is 1. The predicted molar refractivity (Wildman–Crippen MR) is 324 cm³/mol. The van der Waals surface area contributed by atoms with Gasteiger partial charge >= 0.3 is 5.97 Å². The fourth-order valence-corrected chi connectivity index (χ4v) is 10.2. The molecule has 1 amide bonds. The van der Waals surface area contributed by atoms with Crippen LogP contribution in [-0.4, -0.2) is 100 Å². The van der Waals surface area contributed by atoms with Crippen molar-refractivity contribution in [1.82, 2.24) is 5.32 Å². The summed E-state index contributed by atoms with van der Waals surface area (Å²) in [6, 6.07) is -0.810. The monoisotopic (exact) mass is 1100 g/mol. The fraction of sp³-hybridized carbons (Fsp3) is 0.851. The van der Waals surface area contributed by atoms with Crippen LogP contribution in [0.15, 0.2) is 48.6 Å². The van der Waals surface area contributed by atoms with Crippen molar-refractivity contribution in [3.63, 3.8) is 0 Å². The molecule has 7 atom stereocenters. The van der Waals surface area contributed by atoms with E-state index in [-0.39, 0.29) is 18.5 Å². The van der Waals surface area contributed by atoms with Gasteiger partial charge in [0.2, 0.25) is 5.91 Å². The number of hydrogen-bond donors (Lipinski definition) is 6. The summed E-state index contributed by atoms with van der Waals surface area (Å²) in [5.74, 6) is -0.192. The molecule has 0 aromatic carbocycles. The third kappa shape index (κ3) is 45.3. The Hall–Kier alpha value is -2.38. The zero-order valence-corrected chi connectivity index (χ0v) is 50.4. The molecule has 1 rings (SSSR count). The molecular formula is C67H123NO10. The van der Waals surface area contributed by atoms with Crippen LogP contribution in [0, 0.1) is 0 Å². The molecule has 0 spiro atoms. The van der Waals surface area contributed by atoms with Crippen molar-refractivity contribution < 1.29 is 49.3 Å². The van der Waals surface area contributed by atoms with E-state index < -0.39 is 49.5 Å². The van der Waals surface area contributed by atoms with Crippen molar-refractivity contribution >= 4 is 11.9 Å². The molecule has 6 N–H and O–H groups in total. The molecular weight excluding hydrogens is 979 g/mol. The maximum Gasteiger partial charge on any atom is 0.305 e. The molecule has 0 aromatic heterocycles. The van der Waals surface area contributed by atoms with Crippen molar-refractivity contribution in [1.29, 1.82) is 0 Å². The van der Waals surface area contributed by atoms with E-state index in [4.69, 9.17) is 14.2 Å². The normalized spacial score (nSPS) is 18.8. The van der Waals surface area contributed by atoms with Crippen molar-refractivity contribution in [2.75, 3.05) is 19.8 Å². The fourth-order valence-electron chi connectivity index (χ4n) is 10.2. The van der Waals surface area contributed by atoms with Crippen molar-refractivity contribution in [3.8, 4) is 0 Å². The van der Waals surface area contributed by atoms with Gasteiger partial charge in [0.25, 0.3) is 0 Å². The van der Waals surface area contributed by atoms with Crippen LogP contribution < -0.4 is 5.32 Å². The number of esters is 1. The lowest BCUT2D eigenvalue weighted by Crippen LogP contribution is -2.60. The van der Waals surface area contributed by atoms with Gasteiger partial charge in [0.15, 0.2) is 6.29 Å². The minimum absolute atomic E-state index is 0.00718. The Bertz CT molecular complexity index is 1430. The molecule has 0 aromatic rings. The first-order chi connectivity index (χ1) is 38.2. The Labute approximate surface area is 478 Å². The van der Waals surface area contributed by atoms with Crippen LogP contribution in [0.4, 0.5) is 0 Å². The number of hydrogen-bond acceptors (Lipinski definition) is 10. The summed E-state index contributed by atoms with van der Waals surface area (Å²) in [6.07, 6.45) is 62.4. The largest absolute Gasteiger partial charge is 0.466 e. The molecule has 1 fully saturated rings. The third-order valence-electron chi connectivity index (χ3n) is 15.4. The quantitative estimate of drug-likeness (QED) is 0.0195. The van der Waals surface area contributed by atoms with E-state index >= 15 is 0 Å². The standard InChI is InChI=1S/C67H123NO10/c1-3-5-7-9-11-13-14-35-39-43-47-51-55-63(72)76-56-52-48-44-40-36-33-31-29-27-25-23-21-19-17-15-16-18-20-22-24-26-28-30-32-34-38-42-46-50-54-62(71)68-59(60(70)53-49-45-41-37-12-10-8-6-4-2)58-77-67-66(75)65(74)64(73)61(57-69)78-67/h11,13,15,17,21,23,49,53,59-61,64-67,69-70,73-75H,3-10,12,14,16,18-20,22,24-48,50-52,54-58H2,1-2H3,(H,68,71)/b13-11-,17-15-,23-21-,53-49+. The topological polar surface area (TPSA) is 175 Å². The number of allylic oxidation sites excluding steroid dienone is 7. The first-order valence-electron chi connectivity index (χ1n) is 32.9. The number of ether oxygens (including phenoxy) is 3. The van der Waals surface area contributed by atoms with Gasteiger partial charge in [-0.2, -0.15) is 0 Å². The average Bonchev–Trinajstić information content (AvgIpc) is 3.45. The molecule has 0 saturated carbocycles. The van der Waals surface area contributed by atoms with Gasteiger partial charge < -0.3 is 45.1 Å². The Morgan fingerprint density at radius 1 is 0.474 bits per heavy atom. The summed E-state index contributed by atoms with van der Waals surface area (Å²) in [5, 5.41) is 54.2. The van der Waals surface area contributed by atoms with E-state index in [1.54, 1.807) is 6.08 Å². The van der Waals surface area contributed by atoms with Crippen LogP contribution in [-0.2, 0) is 23.8 Å². The van der Waals surface area contributed by atoms with Crippen molar-refractivity contribution in [3.05, 3.63) is 48.6 Å². The second kappa shape index (κ2) is 56.5. The van der Waals surface area contributed by atoms with Crippen LogP contribution in [0.5, 0.6) is 0 Å². The summed E-state index contributed by atoms with van der Waals surface area (Å²) in [5.41, 5.74) is 0. The highest BCUT2D eigenvalue weighted by molar-refractivity contribution is 5.76. The lowest BCUT2D eigenvalue weighted by Gasteiger charge is -2.40. The number of aliphatic hydroxyl groups excluding tert-OH is 5. The molecule has 78 heavy (non-hydrogen) atoms. The summed E-state index contributed by atoms with van der Waals surface area (Å²) in [4.78, 5) is 25.0. The molecule has 11 nitrogen and oxygen atoms in total. The smallest absolute Gasteiger partial charge is 0.305 e. The second-order valence-corrected chi connectivity index (χ2v) is 22.8. The number of rotatable bonds is 57. The second-order valence-electron chi connectivity index (χ2n) is 22.8. The number of carbonyl (C=O) groups is 2. The third-order valence-corrected chi connectivity index (χ3v) is 15.4. The summed E-state index contributed by atoms with van der Waals surface area (Å²) >= 11 is 0. The van der Waals surface area contributed by atoms with Gasteiger partial charge in [-0.05, 0) is 89.9 Å². The molecule has 0 aliphatic carbocycles. The Morgan fingerprint density at radius 3 is 1.33 bits per heavy atom. The molecule has 7 unspecified atom stereocenters. The molecule has 1 saturated heterocycles. The number of aliphatic hydroxyl groups is 5. The van der Waals surface area contributed by atoms with Gasteiger partial charge in [0, 0.05) is 12.8 Å². The van der Waals surface area contributed by atoms with E-state index in [9.17, 15) is 35.1 Å². The van der Waals surface area contributed by atoms with Gasteiger partial charge in [-0.25, -0.2) is 0 Å². The summed E-state index contributed by atoms with van der Waals surface area (Å²) in [6.45, 7) is 4.30. The van der Waals surface area contributed by atoms with E-state index in [1.807, 2.05) is 6.08 Å². The zero-order chi connectivity index (χ0) is 56.6. The zero-order valence-electron chi connectivity index (χ0n) is 50.4. The summed E-state index contributed by atoms with van der Waals surface area (Å²) in [7, 11) is 0. The van der Waals surface area contributed by atoms with Crippen LogP contribution in [0.2, 0.25) is 0 Å². The SMILES string of the molecule is CCCCC/C=C\CCCCCCCC(=O)OCCCCCCCCCCC/C=C\C/C=C\CCCCCCCCCCCCCCCC(=O)NC(COC1OC(CO)C(O)C(O)C1O)C(O)/C=C/CCCCCCCCC. The number of carbonyl (C=O) groups excluding carboxylic acids is 2. The van der Waals surface area contributed by atoms with Crippen LogP contribution in [0.3, 0.4) is 0 Å². The Morgan fingerprint density at radius 2 is 0.859 bits per heavy atom. The highest BCUT2D eigenvalue weighted by Crippen LogP contribution is 2.23. The van der Waals surface area contributed by atoms with Crippen LogP contribution in [0.1, 0.15) is 303 Å². The Balaban J connectivity index is 1.97. The Kier molecular flexibility index (Phi) is 53.3. The maximum absolute atomic E-state index is 13.0. The van der Waals surface area contributed by atoms with Gasteiger partial charge in [0.1, 0.15) is 24.4 Å². The molecule has 11 heteroatoms. The lowest BCUT2D eigenvalue weighted by molar-refractivity contribution is -0.302. The van der Waals surface area contributed by atoms with E-state index in [2.05, 4.69) is 55.6 Å². The minimum atomic E-state index is -1.57. The van der Waals surface area contributed by atoms with E-state index in [0.717, 1.165) is 64.2 Å². The van der Waals surface area contributed by atoms with E-state index in [1.165, 1.54) is 212 Å². The highest BCUT2D eigenvalue weighted by atomic mass is 16.7. The highest BCUT2D eigenvalue weighted by Gasteiger charge is 2.44. The minimum Gasteiger partial charge on any atom is -0.466 e. The van der Waals surface area contributed by atoms with Gasteiger partial charge in [-0.1, -0.05) is 249 Å². The van der Waals surface area contributed by atoms with Crippen molar-refractivity contribution in [2.24, 2.45) is 0 Å². The van der Waals surface area contributed by atoms with Gasteiger partial charge in [-0.15, -0.1) is 0 Å². The molecule has 1 aliphatic rings. The molecule has 1 heterocycles. The van der Waals surface area contributed by atoms with Crippen LogP contribution >= 0.6 is 0 Å². The summed E-state index contributed by atoms with van der Waals surface area (Å²) < 4.78 is 16.7. The van der Waals surface area contributed by atoms with Crippen molar-refractivity contribution in [2.45, 2.75) is 346 Å². The average molecular weight is 1100 g/mol. The molecule has 0 bridgehead atoms. The molecule has 456 valence electrons.